The van der Waals surface area contributed by atoms with Crippen LogP contribution in [0.15, 0.2) is 6.07 Å². The number of aryl methyl sites for hydroxylation is 2. The van der Waals surface area contributed by atoms with Crippen LogP contribution in [0.3, 0.4) is 0 Å². The second-order valence-electron chi connectivity index (χ2n) is 8.00. The van der Waals surface area contributed by atoms with Crippen LogP contribution < -0.4 is 4.90 Å². The molecule has 1 spiro atoms. The lowest BCUT2D eigenvalue weighted by molar-refractivity contribution is -0.139. The summed E-state index contributed by atoms with van der Waals surface area (Å²) in [4.78, 5) is 20.8. The summed E-state index contributed by atoms with van der Waals surface area (Å²) < 4.78 is 0. The summed E-state index contributed by atoms with van der Waals surface area (Å²) in [6.07, 6.45) is 2.96. The summed E-state index contributed by atoms with van der Waals surface area (Å²) in [5.74, 6) is 0.953. The van der Waals surface area contributed by atoms with Crippen molar-refractivity contribution in [3.8, 4) is 6.07 Å². The standard InChI is InChI=1S/C20H28N4O2/c1-14-10-15(2)22-19(17(14)11-21)23-8-6-20(7-9-23)5-4-18(26)24(13-20)12-16(3)25/h10,16,25H,4-9,12-13H2,1-3H3/t16-/m1/s1. The maximum Gasteiger partial charge on any atom is 0.222 e. The maximum atomic E-state index is 12.2. The molecular weight excluding hydrogens is 328 g/mol. The van der Waals surface area contributed by atoms with Gasteiger partial charge in [-0.05, 0) is 57.1 Å². The highest BCUT2D eigenvalue weighted by Crippen LogP contribution is 2.41. The average molecular weight is 356 g/mol. The number of carbonyl (C=O) groups is 1. The van der Waals surface area contributed by atoms with E-state index in [2.05, 4.69) is 16.0 Å². The van der Waals surface area contributed by atoms with E-state index in [4.69, 9.17) is 0 Å². The summed E-state index contributed by atoms with van der Waals surface area (Å²) in [6, 6.07) is 4.26. The first-order chi connectivity index (χ1) is 12.3. The number of pyridine rings is 1. The zero-order chi connectivity index (χ0) is 18.9. The Labute approximate surface area is 155 Å². The van der Waals surface area contributed by atoms with E-state index in [0.29, 0.717) is 18.5 Å². The summed E-state index contributed by atoms with van der Waals surface area (Å²) in [5, 5.41) is 19.2. The van der Waals surface area contributed by atoms with Gasteiger partial charge in [0.05, 0.1) is 11.7 Å². The number of aliphatic hydroxyl groups is 1. The average Bonchev–Trinajstić information content (AvgIpc) is 2.58. The first-order valence-electron chi connectivity index (χ1n) is 9.43. The molecule has 0 bridgehead atoms. The number of anilines is 1. The van der Waals surface area contributed by atoms with Gasteiger partial charge in [0.1, 0.15) is 11.9 Å². The van der Waals surface area contributed by atoms with Gasteiger partial charge in [-0.25, -0.2) is 4.98 Å². The van der Waals surface area contributed by atoms with Crippen molar-refractivity contribution < 1.29 is 9.90 Å². The van der Waals surface area contributed by atoms with Crippen molar-refractivity contribution in [3.05, 3.63) is 22.9 Å². The summed E-state index contributed by atoms with van der Waals surface area (Å²) in [6.45, 7) is 8.50. The second kappa shape index (κ2) is 7.24. The van der Waals surface area contributed by atoms with Gasteiger partial charge >= 0.3 is 0 Å². The number of hydrogen-bond donors (Lipinski definition) is 1. The molecule has 0 unspecified atom stereocenters. The Kier molecular flexibility index (Phi) is 5.19. The van der Waals surface area contributed by atoms with Crippen LogP contribution >= 0.6 is 0 Å². The number of aliphatic hydroxyl groups excluding tert-OH is 1. The van der Waals surface area contributed by atoms with E-state index in [9.17, 15) is 15.2 Å². The van der Waals surface area contributed by atoms with Crippen LogP contribution in [-0.4, -0.2) is 53.2 Å². The molecule has 26 heavy (non-hydrogen) atoms. The van der Waals surface area contributed by atoms with Gasteiger partial charge in [0.2, 0.25) is 5.91 Å². The summed E-state index contributed by atoms with van der Waals surface area (Å²) in [5.41, 5.74) is 2.70. The minimum absolute atomic E-state index is 0.130. The molecule has 2 fully saturated rings. The van der Waals surface area contributed by atoms with E-state index in [1.165, 1.54) is 0 Å². The Morgan fingerprint density at radius 2 is 2.04 bits per heavy atom. The minimum atomic E-state index is -0.494. The molecule has 6 nitrogen and oxygen atoms in total. The Morgan fingerprint density at radius 1 is 1.35 bits per heavy atom. The van der Waals surface area contributed by atoms with Gasteiger partial charge in [0.25, 0.3) is 0 Å². The van der Waals surface area contributed by atoms with Crippen molar-refractivity contribution in [2.45, 2.75) is 52.6 Å². The van der Waals surface area contributed by atoms with Crippen molar-refractivity contribution in [3.63, 3.8) is 0 Å². The zero-order valence-corrected chi connectivity index (χ0v) is 16.0. The number of rotatable bonds is 3. The first kappa shape index (κ1) is 18.7. The van der Waals surface area contributed by atoms with E-state index in [1.54, 1.807) is 6.92 Å². The van der Waals surface area contributed by atoms with Gasteiger partial charge in [0, 0.05) is 38.3 Å². The van der Waals surface area contributed by atoms with Crippen LogP contribution in [0.2, 0.25) is 0 Å². The second-order valence-corrected chi connectivity index (χ2v) is 8.00. The van der Waals surface area contributed by atoms with E-state index in [0.717, 1.165) is 56.0 Å². The van der Waals surface area contributed by atoms with E-state index < -0.39 is 6.10 Å². The normalized spacial score (nSPS) is 21.0. The molecule has 2 aliphatic rings. The van der Waals surface area contributed by atoms with Crippen molar-refractivity contribution in [1.82, 2.24) is 9.88 Å². The molecule has 1 amide bonds. The number of nitriles is 1. The Bertz CT molecular complexity index is 730. The number of amides is 1. The lowest BCUT2D eigenvalue weighted by atomic mass is 9.72. The molecule has 2 saturated heterocycles. The molecule has 0 saturated carbocycles. The molecule has 6 heteroatoms. The molecule has 0 radical (unpaired) electrons. The number of hydrogen-bond acceptors (Lipinski definition) is 5. The van der Waals surface area contributed by atoms with Gasteiger partial charge in [-0.3, -0.25) is 4.79 Å². The molecular formula is C20H28N4O2. The van der Waals surface area contributed by atoms with Gasteiger partial charge in [-0.2, -0.15) is 5.26 Å². The largest absolute Gasteiger partial charge is 0.392 e. The Balaban J connectivity index is 1.74. The van der Waals surface area contributed by atoms with E-state index >= 15 is 0 Å². The van der Waals surface area contributed by atoms with Crippen LogP contribution in [0.25, 0.3) is 0 Å². The molecule has 1 aromatic heterocycles. The first-order valence-corrected chi connectivity index (χ1v) is 9.43. The quantitative estimate of drug-likeness (QED) is 0.898. The lowest BCUT2D eigenvalue weighted by Crippen LogP contribution is -2.53. The highest BCUT2D eigenvalue weighted by Gasteiger charge is 2.41. The van der Waals surface area contributed by atoms with Crippen molar-refractivity contribution in [1.29, 1.82) is 5.26 Å². The molecule has 140 valence electrons. The van der Waals surface area contributed by atoms with Gasteiger partial charge in [0.15, 0.2) is 0 Å². The fourth-order valence-corrected chi connectivity index (χ4v) is 4.37. The van der Waals surface area contributed by atoms with Crippen molar-refractivity contribution >= 4 is 11.7 Å². The molecule has 3 rings (SSSR count). The zero-order valence-electron chi connectivity index (χ0n) is 16.0. The topological polar surface area (TPSA) is 80.5 Å². The molecule has 0 aliphatic carbocycles. The number of piperidine rings is 2. The minimum Gasteiger partial charge on any atom is -0.392 e. The highest BCUT2D eigenvalue weighted by molar-refractivity contribution is 5.77. The van der Waals surface area contributed by atoms with E-state index in [-0.39, 0.29) is 11.3 Å². The summed E-state index contributed by atoms with van der Waals surface area (Å²) in [7, 11) is 0. The van der Waals surface area contributed by atoms with Gasteiger partial charge in [-0.15, -0.1) is 0 Å². The predicted molar refractivity (Wildman–Crippen MR) is 99.8 cm³/mol. The smallest absolute Gasteiger partial charge is 0.222 e. The number of carbonyl (C=O) groups excluding carboxylic acids is 1. The third-order valence-electron chi connectivity index (χ3n) is 5.79. The monoisotopic (exact) mass is 356 g/mol. The number of nitrogens with zero attached hydrogens (tertiary/aromatic N) is 4. The van der Waals surface area contributed by atoms with Gasteiger partial charge in [-0.1, -0.05) is 0 Å². The molecule has 1 N–H and O–H groups in total. The molecule has 2 aliphatic heterocycles. The van der Waals surface area contributed by atoms with Crippen LogP contribution in [0.4, 0.5) is 5.82 Å². The van der Waals surface area contributed by atoms with Crippen LogP contribution in [0.5, 0.6) is 0 Å². The molecule has 1 aromatic rings. The predicted octanol–water partition coefficient (Wildman–Crippen LogP) is 2.16. The number of aromatic nitrogens is 1. The number of β-amino-alcohol motifs (C(OH)–C–C–N with tert-alkyl or cyclic N) is 1. The Morgan fingerprint density at radius 3 is 2.65 bits per heavy atom. The third-order valence-corrected chi connectivity index (χ3v) is 5.79. The summed E-state index contributed by atoms with van der Waals surface area (Å²) >= 11 is 0. The SMILES string of the molecule is Cc1cc(C)c(C#N)c(N2CCC3(CCC(=O)N(C[C@@H](C)O)C3)CC2)n1. The van der Waals surface area contributed by atoms with Crippen LogP contribution in [-0.2, 0) is 4.79 Å². The Hall–Kier alpha value is -2.13. The molecule has 1 atom stereocenters. The van der Waals surface area contributed by atoms with Crippen molar-refractivity contribution in [2.24, 2.45) is 5.41 Å². The van der Waals surface area contributed by atoms with Crippen LogP contribution in [0, 0.1) is 30.6 Å². The fourth-order valence-electron chi connectivity index (χ4n) is 4.37. The lowest BCUT2D eigenvalue weighted by Gasteiger charge is -2.48. The maximum absolute atomic E-state index is 12.2. The highest BCUT2D eigenvalue weighted by atomic mass is 16.3. The van der Waals surface area contributed by atoms with Crippen LogP contribution in [0.1, 0.15) is 49.4 Å². The molecule has 3 heterocycles. The van der Waals surface area contributed by atoms with Gasteiger partial charge < -0.3 is 14.9 Å². The third kappa shape index (κ3) is 3.68. The van der Waals surface area contributed by atoms with E-state index in [1.807, 2.05) is 24.8 Å². The fraction of sp³-hybridized carbons (Fsp3) is 0.650. The molecule has 0 aromatic carbocycles. The van der Waals surface area contributed by atoms with Crippen molar-refractivity contribution in [2.75, 3.05) is 31.1 Å². The number of likely N-dealkylation sites (tertiary alicyclic amines) is 1.